The first-order valence-corrected chi connectivity index (χ1v) is 8.01. The molecule has 122 valence electrons. The number of carbonyl (C=O) groups is 2. The highest BCUT2D eigenvalue weighted by molar-refractivity contribution is 7.07. The zero-order chi connectivity index (χ0) is 16.7. The van der Waals surface area contributed by atoms with Crippen LogP contribution in [0.25, 0.3) is 0 Å². The van der Waals surface area contributed by atoms with Crippen LogP contribution in [-0.4, -0.2) is 17.9 Å². The Labute approximate surface area is 137 Å². The second-order valence-corrected chi connectivity index (χ2v) is 5.66. The number of rotatable bonds is 6. The molecule has 1 unspecified atom stereocenters. The van der Waals surface area contributed by atoms with Crippen LogP contribution in [0.15, 0.2) is 41.1 Å². The molecule has 2 N–H and O–H groups in total. The van der Waals surface area contributed by atoms with E-state index in [4.69, 9.17) is 4.74 Å². The Balaban J connectivity index is 1.70. The Hall–Kier alpha value is -2.41. The number of ether oxygens (including phenoxy) is 1. The van der Waals surface area contributed by atoms with Crippen LogP contribution in [-0.2, 0) is 16.0 Å². The molecule has 0 aliphatic carbocycles. The summed E-state index contributed by atoms with van der Waals surface area (Å²) in [6.45, 7) is 1.54. The van der Waals surface area contributed by atoms with Crippen molar-refractivity contribution in [3.63, 3.8) is 0 Å². The normalized spacial score (nSPS) is 11.6. The Morgan fingerprint density at radius 1 is 1.22 bits per heavy atom. The molecule has 2 rings (SSSR count). The quantitative estimate of drug-likeness (QED) is 0.796. The van der Waals surface area contributed by atoms with Gasteiger partial charge in [-0.05, 0) is 60.0 Å². The Morgan fingerprint density at radius 2 is 1.96 bits per heavy atom. The molecule has 0 fully saturated rings. The van der Waals surface area contributed by atoms with E-state index in [9.17, 15) is 14.0 Å². The number of hydrazine groups is 1. The first-order chi connectivity index (χ1) is 11.0. The molecule has 23 heavy (non-hydrogen) atoms. The first kappa shape index (κ1) is 17.0. The third-order valence-electron chi connectivity index (χ3n) is 3.04. The molecule has 0 radical (unpaired) electrons. The van der Waals surface area contributed by atoms with Crippen LogP contribution in [0.1, 0.15) is 18.9 Å². The molecule has 0 aliphatic heterocycles. The van der Waals surface area contributed by atoms with Crippen LogP contribution >= 0.6 is 11.3 Å². The molecule has 0 bridgehead atoms. The number of thiophene rings is 1. The fourth-order valence-electron chi connectivity index (χ4n) is 1.76. The van der Waals surface area contributed by atoms with Crippen molar-refractivity contribution < 1.29 is 18.7 Å². The topological polar surface area (TPSA) is 67.4 Å². The monoisotopic (exact) mass is 336 g/mol. The van der Waals surface area contributed by atoms with E-state index in [-0.39, 0.29) is 18.1 Å². The standard InChI is InChI=1S/C16H17FN2O3S/c1-11(22-14-5-3-13(17)4-6-14)16(21)19-18-15(20)7-2-12-8-9-23-10-12/h3-6,8-11H,2,7H2,1H3,(H,18,20)(H,19,21). The van der Waals surface area contributed by atoms with Crippen molar-refractivity contribution in [2.24, 2.45) is 0 Å². The van der Waals surface area contributed by atoms with Crippen LogP contribution in [0.2, 0.25) is 0 Å². The van der Waals surface area contributed by atoms with Gasteiger partial charge >= 0.3 is 0 Å². The smallest absolute Gasteiger partial charge is 0.279 e. The molecular weight excluding hydrogens is 319 g/mol. The number of aryl methyl sites for hydroxylation is 1. The number of hydrogen-bond donors (Lipinski definition) is 2. The van der Waals surface area contributed by atoms with Gasteiger partial charge in [0.2, 0.25) is 5.91 Å². The van der Waals surface area contributed by atoms with Crippen LogP contribution in [0.3, 0.4) is 0 Å². The van der Waals surface area contributed by atoms with Crippen molar-refractivity contribution in [1.82, 2.24) is 10.9 Å². The van der Waals surface area contributed by atoms with Gasteiger partial charge in [-0.15, -0.1) is 0 Å². The van der Waals surface area contributed by atoms with Crippen molar-refractivity contribution in [3.05, 3.63) is 52.5 Å². The maximum Gasteiger partial charge on any atom is 0.279 e. The summed E-state index contributed by atoms with van der Waals surface area (Å²) in [5, 5.41) is 3.92. The molecule has 7 heteroatoms. The fraction of sp³-hybridized carbons (Fsp3) is 0.250. The summed E-state index contributed by atoms with van der Waals surface area (Å²) >= 11 is 1.57. The molecule has 0 spiro atoms. The van der Waals surface area contributed by atoms with E-state index >= 15 is 0 Å². The molecule has 2 amide bonds. The van der Waals surface area contributed by atoms with Gasteiger partial charge in [0.1, 0.15) is 11.6 Å². The van der Waals surface area contributed by atoms with Gasteiger partial charge in [-0.25, -0.2) is 4.39 Å². The summed E-state index contributed by atoms with van der Waals surface area (Å²) in [5.41, 5.74) is 5.74. The lowest BCUT2D eigenvalue weighted by Crippen LogP contribution is -2.47. The predicted octanol–water partition coefficient (Wildman–Crippen LogP) is 2.43. The van der Waals surface area contributed by atoms with Gasteiger partial charge in [-0.2, -0.15) is 11.3 Å². The molecule has 0 aliphatic rings. The van der Waals surface area contributed by atoms with E-state index < -0.39 is 12.0 Å². The van der Waals surface area contributed by atoms with Crippen molar-refractivity contribution in [2.75, 3.05) is 0 Å². The molecule has 0 saturated heterocycles. The van der Waals surface area contributed by atoms with E-state index in [0.29, 0.717) is 12.2 Å². The molecule has 1 heterocycles. The van der Waals surface area contributed by atoms with Crippen LogP contribution in [0, 0.1) is 5.82 Å². The molecule has 2 aromatic rings. The average molecular weight is 336 g/mol. The molecule has 1 atom stereocenters. The molecule has 0 saturated carbocycles. The lowest BCUT2D eigenvalue weighted by Gasteiger charge is -2.15. The van der Waals surface area contributed by atoms with Crippen LogP contribution in [0.4, 0.5) is 4.39 Å². The summed E-state index contributed by atoms with van der Waals surface area (Å²) in [7, 11) is 0. The van der Waals surface area contributed by atoms with E-state index in [1.54, 1.807) is 11.3 Å². The minimum Gasteiger partial charge on any atom is -0.481 e. The molecule has 1 aromatic heterocycles. The fourth-order valence-corrected chi connectivity index (χ4v) is 2.46. The number of benzene rings is 1. The number of amides is 2. The van der Waals surface area contributed by atoms with E-state index in [0.717, 1.165) is 5.56 Å². The summed E-state index contributed by atoms with van der Waals surface area (Å²) < 4.78 is 18.1. The number of nitrogens with one attached hydrogen (secondary N) is 2. The average Bonchev–Trinajstić information content (AvgIpc) is 3.06. The first-order valence-electron chi connectivity index (χ1n) is 7.06. The number of carbonyl (C=O) groups excluding carboxylic acids is 2. The van der Waals surface area contributed by atoms with Crippen LogP contribution < -0.4 is 15.6 Å². The zero-order valence-corrected chi connectivity index (χ0v) is 13.4. The lowest BCUT2D eigenvalue weighted by molar-refractivity contribution is -0.132. The van der Waals surface area contributed by atoms with Crippen molar-refractivity contribution in [2.45, 2.75) is 25.9 Å². The highest BCUT2D eigenvalue weighted by Gasteiger charge is 2.15. The highest BCUT2D eigenvalue weighted by Crippen LogP contribution is 2.13. The van der Waals surface area contributed by atoms with Crippen molar-refractivity contribution in [3.8, 4) is 5.75 Å². The molecule has 1 aromatic carbocycles. The number of hydrogen-bond acceptors (Lipinski definition) is 4. The van der Waals surface area contributed by atoms with Crippen molar-refractivity contribution in [1.29, 1.82) is 0 Å². The van der Waals surface area contributed by atoms with Gasteiger partial charge < -0.3 is 4.74 Å². The van der Waals surface area contributed by atoms with Gasteiger partial charge in [0.25, 0.3) is 5.91 Å². The second kappa shape index (κ2) is 8.28. The third kappa shape index (κ3) is 5.71. The minimum absolute atomic E-state index is 0.279. The molecule has 5 nitrogen and oxygen atoms in total. The third-order valence-corrected chi connectivity index (χ3v) is 3.77. The zero-order valence-electron chi connectivity index (χ0n) is 12.5. The second-order valence-electron chi connectivity index (χ2n) is 4.88. The Kier molecular flexibility index (Phi) is 6.10. The van der Waals surface area contributed by atoms with Crippen molar-refractivity contribution >= 4 is 23.2 Å². The SMILES string of the molecule is CC(Oc1ccc(F)cc1)C(=O)NNC(=O)CCc1ccsc1. The van der Waals surface area contributed by atoms with Gasteiger partial charge in [0.05, 0.1) is 0 Å². The van der Waals surface area contributed by atoms with Gasteiger partial charge in [-0.1, -0.05) is 0 Å². The Bertz CT molecular complexity index is 644. The summed E-state index contributed by atoms with van der Waals surface area (Å²) in [4.78, 5) is 23.5. The van der Waals surface area contributed by atoms with Gasteiger partial charge in [-0.3, -0.25) is 20.4 Å². The summed E-state index contributed by atoms with van der Waals surface area (Å²) in [6, 6.07) is 7.30. The Morgan fingerprint density at radius 3 is 2.61 bits per heavy atom. The minimum atomic E-state index is -0.822. The summed E-state index contributed by atoms with van der Waals surface area (Å²) in [5.74, 6) is -0.776. The lowest BCUT2D eigenvalue weighted by atomic mass is 10.2. The maximum absolute atomic E-state index is 12.8. The van der Waals surface area contributed by atoms with E-state index in [2.05, 4.69) is 10.9 Å². The van der Waals surface area contributed by atoms with Gasteiger partial charge in [0.15, 0.2) is 6.10 Å². The maximum atomic E-state index is 12.8. The summed E-state index contributed by atoms with van der Waals surface area (Å²) in [6.07, 6.45) is 0.0782. The number of halogens is 1. The largest absolute Gasteiger partial charge is 0.481 e. The predicted molar refractivity (Wildman–Crippen MR) is 85.4 cm³/mol. The van der Waals surface area contributed by atoms with Crippen LogP contribution in [0.5, 0.6) is 5.75 Å². The highest BCUT2D eigenvalue weighted by atomic mass is 32.1. The van der Waals surface area contributed by atoms with E-state index in [1.165, 1.54) is 31.2 Å². The van der Waals surface area contributed by atoms with Gasteiger partial charge in [0, 0.05) is 6.42 Å². The molecular formula is C16H17FN2O3S. The van der Waals surface area contributed by atoms with E-state index in [1.807, 2.05) is 16.8 Å².